The molecule has 0 aromatic heterocycles. The summed E-state index contributed by atoms with van der Waals surface area (Å²) in [6, 6.07) is 10.1. The van der Waals surface area contributed by atoms with E-state index in [0.29, 0.717) is 24.4 Å². The van der Waals surface area contributed by atoms with Gasteiger partial charge in [-0.2, -0.15) is 0 Å². The summed E-state index contributed by atoms with van der Waals surface area (Å²) in [6.45, 7) is 8.66. The molecule has 1 aliphatic rings. The van der Waals surface area contributed by atoms with Crippen LogP contribution in [-0.4, -0.2) is 57.4 Å². The quantitative estimate of drug-likeness (QED) is 0.457. The number of hydrogen-bond donors (Lipinski definition) is 1. The number of hydrogen-bond acceptors (Lipinski definition) is 5. The molecule has 1 unspecified atom stereocenters. The van der Waals surface area contributed by atoms with Gasteiger partial charge in [0.2, 0.25) is 0 Å². The summed E-state index contributed by atoms with van der Waals surface area (Å²) >= 11 is 0. The maximum Gasteiger partial charge on any atom is 0.407 e. The Balaban J connectivity index is 1.57. The number of carbonyl (C=O) groups is 1. The Kier molecular flexibility index (Phi) is 9.69. The number of benzene rings is 2. The molecule has 1 atom stereocenters. The van der Waals surface area contributed by atoms with Crippen molar-refractivity contribution < 1.29 is 26.7 Å². The van der Waals surface area contributed by atoms with Gasteiger partial charge in [-0.3, -0.25) is 0 Å². The first kappa shape index (κ1) is 29.0. The largest absolute Gasteiger partial charge is 0.444 e. The van der Waals surface area contributed by atoms with Crippen molar-refractivity contribution in [1.82, 2.24) is 10.2 Å². The van der Waals surface area contributed by atoms with E-state index < -0.39 is 33.2 Å². The lowest BCUT2D eigenvalue weighted by Gasteiger charge is -2.33. The van der Waals surface area contributed by atoms with Gasteiger partial charge in [-0.15, -0.1) is 0 Å². The van der Waals surface area contributed by atoms with Gasteiger partial charge in [-0.25, -0.2) is 22.0 Å². The summed E-state index contributed by atoms with van der Waals surface area (Å²) in [5, 5.41) is 2.82. The fourth-order valence-electron chi connectivity index (χ4n) is 4.75. The van der Waals surface area contributed by atoms with E-state index in [1.807, 2.05) is 20.8 Å². The van der Waals surface area contributed by atoms with E-state index in [4.69, 9.17) is 4.74 Å². The zero-order valence-electron chi connectivity index (χ0n) is 22.1. The lowest BCUT2D eigenvalue weighted by atomic mass is 9.87. The molecule has 1 aliphatic heterocycles. The van der Waals surface area contributed by atoms with Crippen LogP contribution in [0.25, 0.3) is 0 Å². The minimum atomic E-state index is -3.34. The van der Waals surface area contributed by atoms with E-state index in [2.05, 4.69) is 10.2 Å². The van der Waals surface area contributed by atoms with Gasteiger partial charge in [0.1, 0.15) is 17.2 Å². The molecular weight excluding hydrogens is 498 g/mol. The van der Waals surface area contributed by atoms with Crippen LogP contribution in [0.1, 0.15) is 63.5 Å². The minimum absolute atomic E-state index is 0.212. The van der Waals surface area contributed by atoms with Gasteiger partial charge >= 0.3 is 6.09 Å². The van der Waals surface area contributed by atoms with Gasteiger partial charge in [0, 0.05) is 24.8 Å². The van der Waals surface area contributed by atoms with Crippen molar-refractivity contribution in [3.8, 4) is 0 Å². The summed E-state index contributed by atoms with van der Waals surface area (Å²) in [5.74, 6) is -1.01. The Bertz CT molecular complexity index is 1140. The molecule has 9 heteroatoms. The second kappa shape index (κ2) is 12.3. The van der Waals surface area contributed by atoms with E-state index in [9.17, 15) is 22.0 Å². The Morgan fingerprint density at radius 3 is 2.19 bits per heavy atom. The first-order chi connectivity index (χ1) is 17.3. The Hall–Kier alpha value is -2.52. The van der Waals surface area contributed by atoms with Gasteiger partial charge in [-0.1, -0.05) is 12.1 Å². The molecule has 0 aliphatic carbocycles. The number of carbonyl (C=O) groups excluding carboxylic acids is 1. The van der Waals surface area contributed by atoms with Crippen molar-refractivity contribution in [3.05, 3.63) is 65.2 Å². The van der Waals surface area contributed by atoms with Crippen molar-refractivity contribution in [3.63, 3.8) is 0 Å². The van der Waals surface area contributed by atoms with Crippen LogP contribution in [0.3, 0.4) is 0 Å². The Morgan fingerprint density at radius 2 is 1.65 bits per heavy atom. The van der Waals surface area contributed by atoms with Crippen LogP contribution in [0, 0.1) is 17.6 Å². The van der Waals surface area contributed by atoms with Crippen molar-refractivity contribution in [1.29, 1.82) is 0 Å². The molecule has 1 heterocycles. The van der Waals surface area contributed by atoms with E-state index in [-0.39, 0.29) is 10.8 Å². The molecule has 3 rings (SSSR count). The van der Waals surface area contributed by atoms with Crippen molar-refractivity contribution in [2.24, 2.45) is 5.92 Å². The van der Waals surface area contributed by atoms with Gasteiger partial charge in [-0.05, 0) is 107 Å². The monoisotopic (exact) mass is 536 g/mol. The first-order valence-corrected chi connectivity index (χ1v) is 14.6. The number of rotatable bonds is 9. The summed E-state index contributed by atoms with van der Waals surface area (Å²) in [6.07, 6.45) is 4.32. The Morgan fingerprint density at radius 1 is 1.05 bits per heavy atom. The number of ether oxygens (including phenoxy) is 1. The number of likely N-dealkylation sites (tertiary alicyclic amines) is 1. The van der Waals surface area contributed by atoms with Crippen molar-refractivity contribution in [2.45, 2.75) is 62.9 Å². The van der Waals surface area contributed by atoms with Gasteiger partial charge in [0.05, 0.1) is 4.90 Å². The smallest absolute Gasteiger partial charge is 0.407 e. The molecule has 0 bridgehead atoms. The van der Waals surface area contributed by atoms with Crippen LogP contribution in [0.15, 0.2) is 47.4 Å². The zero-order chi connectivity index (χ0) is 27.2. The van der Waals surface area contributed by atoms with Crippen LogP contribution in [0.4, 0.5) is 13.6 Å². The number of nitrogens with one attached hydrogen (secondary N) is 1. The van der Waals surface area contributed by atoms with E-state index in [0.717, 1.165) is 56.8 Å². The van der Waals surface area contributed by atoms with Crippen molar-refractivity contribution >= 4 is 15.9 Å². The topological polar surface area (TPSA) is 75.7 Å². The fourth-order valence-corrected chi connectivity index (χ4v) is 5.38. The van der Waals surface area contributed by atoms with E-state index >= 15 is 0 Å². The summed E-state index contributed by atoms with van der Waals surface area (Å²) in [7, 11) is -3.34. The zero-order valence-corrected chi connectivity index (χ0v) is 22.9. The van der Waals surface area contributed by atoms with Gasteiger partial charge < -0.3 is 15.0 Å². The predicted molar refractivity (Wildman–Crippen MR) is 140 cm³/mol. The van der Waals surface area contributed by atoms with E-state index in [1.165, 1.54) is 12.1 Å². The molecule has 2 aromatic carbocycles. The third kappa shape index (κ3) is 9.38. The minimum Gasteiger partial charge on any atom is -0.444 e. The average molecular weight is 537 g/mol. The predicted octanol–water partition coefficient (Wildman–Crippen LogP) is 5.52. The average Bonchev–Trinajstić information content (AvgIpc) is 2.78. The lowest BCUT2D eigenvalue weighted by molar-refractivity contribution is 0.0522. The highest BCUT2D eigenvalue weighted by Crippen LogP contribution is 2.31. The van der Waals surface area contributed by atoms with Crippen LogP contribution >= 0.6 is 0 Å². The second-order valence-corrected chi connectivity index (χ2v) is 12.9. The van der Waals surface area contributed by atoms with Gasteiger partial charge in [0.25, 0.3) is 0 Å². The fraction of sp³-hybridized carbons (Fsp3) is 0.536. The maximum atomic E-state index is 14.0. The molecule has 6 nitrogen and oxygen atoms in total. The Labute approximate surface area is 219 Å². The molecule has 1 N–H and O–H groups in total. The van der Waals surface area contributed by atoms with Crippen LogP contribution in [-0.2, 0) is 14.6 Å². The number of alkyl carbamates (subject to hydrolysis) is 1. The molecule has 204 valence electrons. The molecule has 1 saturated heterocycles. The van der Waals surface area contributed by atoms with Crippen LogP contribution in [0.5, 0.6) is 0 Å². The molecule has 1 amide bonds. The standard InChI is InChI=1S/C28H38F2N2O4S/c1-28(2,3)36-27(33)31-13-9-20-10-14-32(15-11-20)16-12-26(22-17-23(29)19-24(30)18-22)21-5-7-25(8-6-21)37(4,34)35/h5-8,17-20,26H,9-16H2,1-4H3,(H,31,33). The highest BCUT2D eigenvalue weighted by atomic mass is 32.2. The lowest BCUT2D eigenvalue weighted by Crippen LogP contribution is -2.37. The number of piperidine rings is 1. The third-order valence-electron chi connectivity index (χ3n) is 6.66. The highest BCUT2D eigenvalue weighted by molar-refractivity contribution is 7.90. The van der Waals surface area contributed by atoms with Crippen LogP contribution < -0.4 is 5.32 Å². The maximum absolute atomic E-state index is 14.0. The summed E-state index contributed by atoms with van der Waals surface area (Å²) in [5.41, 5.74) is 0.841. The number of nitrogens with zero attached hydrogens (tertiary/aromatic N) is 1. The molecule has 0 radical (unpaired) electrons. The molecule has 2 aromatic rings. The number of amides is 1. The van der Waals surface area contributed by atoms with E-state index in [1.54, 1.807) is 24.3 Å². The van der Waals surface area contributed by atoms with Crippen LogP contribution in [0.2, 0.25) is 0 Å². The SMILES string of the molecule is CC(C)(C)OC(=O)NCCC1CCN(CCC(c2ccc(S(C)(=O)=O)cc2)c2cc(F)cc(F)c2)CC1. The molecule has 37 heavy (non-hydrogen) atoms. The normalized spacial score (nSPS) is 16.4. The molecule has 0 saturated carbocycles. The number of sulfone groups is 1. The molecule has 1 fully saturated rings. The summed E-state index contributed by atoms with van der Waals surface area (Å²) < 4.78 is 57.0. The first-order valence-electron chi connectivity index (χ1n) is 12.8. The second-order valence-electron chi connectivity index (χ2n) is 10.9. The van der Waals surface area contributed by atoms with Crippen molar-refractivity contribution in [2.75, 3.05) is 32.4 Å². The number of halogens is 2. The van der Waals surface area contributed by atoms with Gasteiger partial charge in [0.15, 0.2) is 9.84 Å². The third-order valence-corrected chi connectivity index (χ3v) is 7.79. The molecule has 0 spiro atoms. The highest BCUT2D eigenvalue weighted by Gasteiger charge is 2.23. The molecular formula is C28H38F2N2O4S. The summed E-state index contributed by atoms with van der Waals surface area (Å²) in [4.78, 5) is 14.4.